The van der Waals surface area contributed by atoms with Gasteiger partial charge >= 0.3 is 0 Å². The Kier molecular flexibility index (Phi) is 12.0. The first-order valence-electron chi connectivity index (χ1n) is 5.92. The molecule has 0 aliphatic carbocycles. The third-order valence-corrected chi connectivity index (χ3v) is 4.96. The van der Waals surface area contributed by atoms with E-state index in [4.69, 9.17) is 4.74 Å². The van der Waals surface area contributed by atoms with E-state index in [1.54, 1.807) is 30.6 Å². The molecule has 96 valence electrons. The Morgan fingerprint density at radius 3 is 2.50 bits per heavy atom. The summed E-state index contributed by atoms with van der Waals surface area (Å²) in [6.07, 6.45) is 8.76. The summed E-state index contributed by atoms with van der Waals surface area (Å²) < 4.78 is 5.04. The van der Waals surface area contributed by atoms with E-state index in [9.17, 15) is 4.79 Å². The second kappa shape index (κ2) is 11.8. The van der Waals surface area contributed by atoms with Gasteiger partial charge in [-0.2, -0.15) is 0 Å². The Bertz CT molecular complexity index is 174. The van der Waals surface area contributed by atoms with Gasteiger partial charge in [-0.25, -0.2) is 0 Å². The number of ketones is 1. The molecule has 0 aliphatic rings. The standard InChI is InChI=1S/C12H24O2S2/c1-4-5-6-7-8-9-11(13)12(15-3)16-10-14-2/h12H,4-10H2,1-3H3. The van der Waals surface area contributed by atoms with E-state index in [2.05, 4.69) is 6.92 Å². The minimum absolute atomic E-state index is 0.0612. The van der Waals surface area contributed by atoms with Crippen molar-refractivity contribution in [1.29, 1.82) is 0 Å². The summed E-state index contributed by atoms with van der Waals surface area (Å²) in [4.78, 5) is 11.8. The van der Waals surface area contributed by atoms with Crippen LogP contribution in [0.15, 0.2) is 0 Å². The fourth-order valence-electron chi connectivity index (χ4n) is 1.44. The minimum atomic E-state index is 0.0612. The summed E-state index contributed by atoms with van der Waals surface area (Å²) in [5.74, 6) is 0.971. The number of carbonyl (C=O) groups excluding carboxylic acids is 1. The Balaban J connectivity index is 3.58. The molecule has 4 heteroatoms. The molecule has 0 heterocycles. The van der Waals surface area contributed by atoms with Gasteiger partial charge in [0.1, 0.15) is 4.58 Å². The van der Waals surface area contributed by atoms with Crippen molar-refractivity contribution in [3.05, 3.63) is 0 Å². The first-order chi connectivity index (χ1) is 7.76. The van der Waals surface area contributed by atoms with Gasteiger partial charge in [0.05, 0.1) is 5.94 Å². The number of rotatable bonds is 11. The van der Waals surface area contributed by atoms with Crippen LogP contribution in [-0.2, 0) is 9.53 Å². The predicted molar refractivity (Wildman–Crippen MR) is 75.2 cm³/mol. The van der Waals surface area contributed by atoms with Crippen LogP contribution < -0.4 is 0 Å². The van der Waals surface area contributed by atoms with E-state index < -0.39 is 0 Å². The maximum atomic E-state index is 11.8. The molecule has 0 aromatic carbocycles. The van der Waals surface area contributed by atoms with Gasteiger partial charge in [0.25, 0.3) is 0 Å². The lowest BCUT2D eigenvalue weighted by atomic mass is 10.1. The molecule has 0 rings (SSSR count). The number of methoxy groups -OCH3 is 1. The lowest BCUT2D eigenvalue weighted by molar-refractivity contribution is -0.117. The van der Waals surface area contributed by atoms with Crippen LogP contribution in [0.25, 0.3) is 0 Å². The largest absolute Gasteiger partial charge is 0.374 e. The summed E-state index contributed by atoms with van der Waals surface area (Å²) in [7, 11) is 1.67. The average Bonchev–Trinajstić information content (AvgIpc) is 2.30. The van der Waals surface area contributed by atoms with Crippen LogP contribution in [0.1, 0.15) is 45.4 Å². The second-order valence-electron chi connectivity index (χ2n) is 3.77. The molecule has 0 saturated heterocycles. The maximum absolute atomic E-state index is 11.8. The van der Waals surface area contributed by atoms with Crippen molar-refractivity contribution in [1.82, 2.24) is 0 Å². The van der Waals surface area contributed by atoms with Crippen LogP contribution in [0, 0.1) is 0 Å². The molecule has 1 atom stereocenters. The summed E-state index contributed by atoms with van der Waals surface area (Å²) in [5, 5.41) is 0. The van der Waals surface area contributed by atoms with Crippen molar-refractivity contribution in [3.63, 3.8) is 0 Å². The van der Waals surface area contributed by atoms with Crippen LogP contribution in [0.5, 0.6) is 0 Å². The number of carbonyl (C=O) groups is 1. The van der Waals surface area contributed by atoms with Gasteiger partial charge < -0.3 is 4.74 Å². The molecule has 0 aromatic heterocycles. The number of unbranched alkanes of at least 4 members (excludes halogenated alkanes) is 4. The normalized spacial score (nSPS) is 12.7. The highest BCUT2D eigenvalue weighted by Crippen LogP contribution is 2.24. The number of hydrogen-bond acceptors (Lipinski definition) is 4. The van der Waals surface area contributed by atoms with Gasteiger partial charge in [-0.3, -0.25) is 4.79 Å². The monoisotopic (exact) mass is 264 g/mol. The van der Waals surface area contributed by atoms with Gasteiger partial charge in [-0.05, 0) is 12.7 Å². The second-order valence-corrected chi connectivity index (χ2v) is 6.05. The molecule has 0 N–H and O–H groups in total. The molecule has 0 amide bonds. The van der Waals surface area contributed by atoms with E-state index in [1.807, 2.05) is 6.26 Å². The SMILES string of the molecule is CCCCCCCC(=O)C(SC)SCOC. The molecule has 0 aromatic rings. The Labute approximate surface area is 108 Å². The quantitative estimate of drug-likeness (QED) is 0.417. The van der Waals surface area contributed by atoms with Crippen LogP contribution in [0.2, 0.25) is 0 Å². The maximum Gasteiger partial charge on any atom is 0.155 e. The molecule has 2 nitrogen and oxygen atoms in total. The van der Waals surface area contributed by atoms with Crippen molar-refractivity contribution >= 4 is 29.3 Å². The zero-order valence-corrected chi connectivity index (χ0v) is 12.3. The summed E-state index contributed by atoms with van der Waals surface area (Å²) in [6.45, 7) is 2.20. The summed E-state index contributed by atoms with van der Waals surface area (Å²) in [6, 6.07) is 0. The van der Waals surface area contributed by atoms with Crippen molar-refractivity contribution in [3.8, 4) is 0 Å². The van der Waals surface area contributed by atoms with Crippen molar-refractivity contribution in [2.24, 2.45) is 0 Å². The lowest BCUT2D eigenvalue weighted by Gasteiger charge is -2.11. The minimum Gasteiger partial charge on any atom is -0.374 e. The van der Waals surface area contributed by atoms with E-state index in [0.29, 0.717) is 11.7 Å². The van der Waals surface area contributed by atoms with Crippen molar-refractivity contribution < 1.29 is 9.53 Å². The highest BCUT2D eigenvalue weighted by atomic mass is 32.2. The first-order valence-corrected chi connectivity index (χ1v) is 8.26. The Morgan fingerprint density at radius 2 is 1.94 bits per heavy atom. The fourth-order valence-corrected chi connectivity index (χ4v) is 3.10. The van der Waals surface area contributed by atoms with E-state index >= 15 is 0 Å². The topological polar surface area (TPSA) is 26.3 Å². The van der Waals surface area contributed by atoms with Gasteiger partial charge in [0, 0.05) is 13.5 Å². The summed E-state index contributed by atoms with van der Waals surface area (Å²) in [5.41, 5.74) is 0. The fraction of sp³-hybridized carbons (Fsp3) is 0.917. The van der Waals surface area contributed by atoms with Gasteiger partial charge in [0.2, 0.25) is 0 Å². The number of thioether (sulfide) groups is 2. The molecule has 0 spiro atoms. The van der Waals surface area contributed by atoms with Crippen LogP contribution in [-0.4, -0.2) is 29.7 Å². The highest BCUT2D eigenvalue weighted by molar-refractivity contribution is 8.17. The van der Waals surface area contributed by atoms with E-state index in [1.165, 1.54) is 25.7 Å². The van der Waals surface area contributed by atoms with Gasteiger partial charge in [0.15, 0.2) is 5.78 Å². The highest BCUT2D eigenvalue weighted by Gasteiger charge is 2.16. The Morgan fingerprint density at radius 1 is 1.25 bits per heavy atom. The zero-order chi connectivity index (χ0) is 12.2. The number of ether oxygens (including phenoxy) is 1. The molecule has 16 heavy (non-hydrogen) atoms. The third-order valence-electron chi connectivity index (χ3n) is 2.34. The van der Waals surface area contributed by atoms with Crippen molar-refractivity contribution in [2.45, 2.75) is 50.0 Å². The molecule has 0 aliphatic heterocycles. The van der Waals surface area contributed by atoms with Crippen LogP contribution in [0.3, 0.4) is 0 Å². The van der Waals surface area contributed by atoms with Crippen LogP contribution >= 0.6 is 23.5 Å². The number of hydrogen-bond donors (Lipinski definition) is 0. The molecule has 0 radical (unpaired) electrons. The molecule has 0 bridgehead atoms. The molecule has 0 fully saturated rings. The first kappa shape index (κ1) is 16.3. The summed E-state index contributed by atoms with van der Waals surface area (Å²) >= 11 is 3.21. The third kappa shape index (κ3) is 8.48. The zero-order valence-electron chi connectivity index (χ0n) is 10.7. The van der Waals surface area contributed by atoms with E-state index in [-0.39, 0.29) is 4.58 Å². The number of Topliss-reactive ketones (excluding diaryl/α,β-unsaturated/α-hetero) is 1. The predicted octanol–water partition coefficient (Wildman–Crippen LogP) is 3.94. The lowest BCUT2D eigenvalue weighted by Crippen LogP contribution is -2.13. The van der Waals surface area contributed by atoms with Crippen LogP contribution in [0.4, 0.5) is 0 Å². The molecular formula is C12H24O2S2. The van der Waals surface area contributed by atoms with Crippen molar-refractivity contribution in [2.75, 3.05) is 19.3 Å². The average molecular weight is 264 g/mol. The Hall–Kier alpha value is 0.330. The molecule has 1 unspecified atom stereocenters. The van der Waals surface area contributed by atoms with E-state index in [0.717, 1.165) is 12.8 Å². The molecule has 0 saturated carbocycles. The smallest absolute Gasteiger partial charge is 0.155 e. The van der Waals surface area contributed by atoms with Gasteiger partial charge in [-0.15, -0.1) is 23.5 Å². The molecular weight excluding hydrogens is 240 g/mol. The van der Waals surface area contributed by atoms with Gasteiger partial charge in [-0.1, -0.05) is 32.6 Å².